The average Bonchev–Trinajstić information content (AvgIpc) is 2.00. The van der Waals surface area contributed by atoms with Crippen LogP contribution in [0.25, 0.3) is 0 Å². The molecule has 0 heterocycles. The predicted molar refractivity (Wildman–Crippen MR) is 57.7 cm³/mol. The molecule has 96 valence electrons. The minimum absolute atomic E-state index is 0. The Balaban J connectivity index is 0.00000225. The second-order valence-corrected chi connectivity index (χ2v) is 5.74. The third-order valence-electron chi connectivity index (χ3n) is 1.83. The van der Waals surface area contributed by atoms with Gasteiger partial charge in [0.25, 0.3) is 0 Å². The molecule has 1 atom stereocenters. The monoisotopic (exact) mass is 283 g/mol. The van der Waals surface area contributed by atoms with E-state index >= 15 is 0 Å². The van der Waals surface area contributed by atoms with Crippen LogP contribution in [0.3, 0.4) is 0 Å². The molecule has 0 saturated heterocycles. The molecule has 0 aliphatic heterocycles. The van der Waals surface area contributed by atoms with Crippen LogP contribution in [0.5, 0.6) is 0 Å². The maximum Gasteiger partial charge on any atom is 0.310 e. The lowest BCUT2D eigenvalue weighted by atomic mass is 10.1. The quantitative estimate of drug-likeness (QED) is 0.776. The van der Waals surface area contributed by atoms with E-state index in [0.29, 0.717) is 12.1 Å². The standard InChI is InChI=1S/C8H10F5NS.ClH/c1-6(14)7-3-2-4-8(5-7)15(9,10,11,12)13;/h2-6H,14H2,1H3;1H. The molecule has 8 heteroatoms. The molecular formula is C8H11ClF5NS. The van der Waals surface area contributed by atoms with Crippen molar-refractivity contribution in [2.75, 3.05) is 0 Å². The van der Waals surface area contributed by atoms with Crippen LogP contribution in [0.2, 0.25) is 0 Å². The van der Waals surface area contributed by atoms with Crippen molar-refractivity contribution < 1.29 is 19.4 Å². The van der Waals surface area contributed by atoms with Gasteiger partial charge < -0.3 is 5.73 Å². The van der Waals surface area contributed by atoms with Gasteiger partial charge in [-0.2, -0.15) is 0 Å². The summed E-state index contributed by atoms with van der Waals surface area (Å²) in [6.07, 6.45) is 0. The summed E-state index contributed by atoms with van der Waals surface area (Å²) in [5.74, 6) is 0. The lowest BCUT2D eigenvalue weighted by Gasteiger charge is -2.40. The van der Waals surface area contributed by atoms with Gasteiger partial charge in [-0.15, -0.1) is 12.4 Å². The van der Waals surface area contributed by atoms with E-state index in [1.165, 1.54) is 13.0 Å². The molecule has 0 spiro atoms. The van der Waals surface area contributed by atoms with Gasteiger partial charge in [-0.3, -0.25) is 0 Å². The van der Waals surface area contributed by atoms with E-state index in [0.717, 1.165) is 6.07 Å². The Bertz CT molecular complexity index is 388. The van der Waals surface area contributed by atoms with Gasteiger partial charge >= 0.3 is 10.2 Å². The van der Waals surface area contributed by atoms with Gasteiger partial charge in [0.1, 0.15) is 4.90 Å². The largest absolute Gasteiger partial charge is 0.324 e. The number of nitrogens with two attached hydrogens (primary N) is 1. The van der Waals surface area contributed by atoms with Crippen LogP contribution in [-0.4, -0.2) is 0 Å². The molecule has 0 bridgehead atoms. The molecule has 0 aliphatic carbocycles. The highest BCUT2D eigenvalue weighted by atomic mass is 35.5. The van der Waals surface area contributed by atoms with Gasteiger partial charge in [-0.25, -0.2) is 0 Å². The highest BCUT2D eigenvalue weighted by Crippen LogP contribution is 3.02. The lowest BCUT2D eigenvalue weighted by Crippen LogP contribution is -2.09. The van der Waals surface area contributed by atoms with Gasteiger partial charge in [0.15, 0.2) is 0 Å². The lowest BCUT2D eigenvalue weighted by molar-refractivity contribution is 0.364. The fourth-order valence-electron chi connectivity index (χ4n) is 1.04. The molecule has 0 radical (unpaired) electrons. The van der Waals surface area contributed by atoms with Crippen molar-refractivity contribution in [1.29, 1.82) is 0 Å². The van der Waals surface area contributed by atoms with Crippen molar-refractivity contribution in [3.63, 3.8) is 0 Å². The molecule has 2 N–H and O–H groups in total. The summed E-state index contributed by atoms with van der Waals surface area (Å²) < 4.78 is 61.8. The van der Waals surface area contributed by atoms with E-state index in [1.54, 1.807) is 0 Å². The van der Waals surface area contributed by atoms with Crippen molar-refractivity contribution in [2.45, 2.75) is 17.9 Å². The van der Waals surface area contributed by atoms with Crippen LogP contribution in [0.4, 0.5) is 19.4 Å². The average molecular weight is 284 g/mol. The van der Waals surface area contributed by atoms with E-state index in [9.17, 15) is 19.4 Å². The first-order valence-electron chi connectivity index (χ1n) is 4.00. The van der Waals surface area contributed by atoms with E-state index in [4.69, 9.17) is 5.73 Å². The summed E-state index contributed by atoms with van der Waals surface area (Å²) in [6.45, 7) is 1.42. The Morgan fingerprint density at radius 2 is 1.62 bits per heavy atom. The second kappa shape index (κ2) is 3.48. The molecule has 0 aliphatic rings. The SMILES string of the molecule is CC(N)c1cccc(S(F)(F)(F)(F)F)c1.Cl. The number of rotatable bonds is 2. The maximum atomic E-state index is 12.4. The van der Waals surface area contributed by atoms with Crippen molar-refractivity contribution in [2.24, 2.45) is 5.73 Å². The van der Waals surface area contributed by atoms with Crippen LogP contribution in [-0.2, 0) is 0 Å². The van der Waals surface area contributed by atoms with Gasteiger partial charge in [-0.05, 0) is 24.6 Å². The Morgan fingerprint density at radius 3 is 2.00 bits per heavy atom. The molecule has 0 aromatic heterocycles. The molecule has 0 saturated carbocycles. The smallest absolute Gasteiger partial charge is 0.310 e. The molecule has 0 amide bonds. The highest BCUT2D eigenvalue weighted by molar-refractivity contribution is 8.45. The van der Waals surface area contributed by atoms with Gasteiger partial charge in [0.2, 0.25) is 0 Å². The Labute approximate surface area is 96.0 Å². The van der Waals surface area contributed by atoms with E-state index in [-0.39, 0.29) is 18.0 Å². The minimum atomic E-state index is -9.57. The zero-order valence-electron chi connectivity index (χ0n) is 8.17. The van der Waals surface area contributed by atoms with Crippen molar-refractivity contribution in [3.8, 4) is 0 Å². The number of hydrogen-bond acceptors (Lipinski definition) is 1. The minimum Gasteiger partial charge on any atom is -0.324 e. The Kier molecular flexibility index (Phi) is 3.36. The first kappa shape index (κ1) is 15.5. The normalized spacial score (nSPS) is 17.9. The summed E-state index contributed by atoms with van der Waals surface area (Å²) in [5.41, 5.74) is 5.34. The van der Waals surface area contributed by atoms with E-state index in [1.807, 2.05) is 0 Å². The van der Waals surface area contributed by atoms with Crippen molar-refractivity contribution in [1.82, 2.24) is 0 Å². The van der Waals surface area contributed by atoms with Crippen LogP contribution in [0, 0.1) is 0 Å². The summed E-state index contributed by atoms with van der Waals surface area (Å²) >= 11 is 0. The molecular weight excluding hydrogens is 273 g/mol. The first-order chi connectivity index (χ1) is 6.40. The summed E-state index contributed by atoms with van der Waals surface area (Å²) in [4.78, 5) is -1.90. The Morgan fingerprint density at radius 1 is 1.12 bits per heavy atom. The summed E-state index contributed by atoms with van der Waals surface area (Å²) in [6, 6.07) is 2.23. The third kappa shape index (κ3) is 3.80. The van der Waals surface area contributed by atoms with Crippen LogP contribution < -0.4 is 5.73 Å². The molecule has 1 unspecified atom stereocenters. The van der Waals surface area contributed by atoms with E-state index < -0.39 is 21.2 Å². The highest BCUT2D eigenvalue weighted by Gasteiger charge is 2.65. The van der Waals surface area contributed by atoms with Crippen molar-refractivity contribution in [3.05, 3.63) is 29.8 Å². The molecule has 16 heavy (non-hydrogen) atoms. The van der Waals surface area contributed by atoms with Gasteiger partial charge in [0, 0.05) is 6.04 Å². The predicted octanol–water partition coefficient (Wildman–Crippen LogP) is 4.79. The zero-order chi connectivity index (χ0) is 12.0. The van der Waals surface area contributed by atoms with Crippen molar-refractivity contribution >= 4 is 22.6 Å². The first-order valence-corrected chi connectivity index (χ1v) is 5.95. The Hall–Kier alpha value is -0.530. The van der Waals surface area contributed by atoms with Crippen LogP contribution >= 0.6 is 22.6 Å². The van der Waals surface area contributed by atoms with Gasteiger partial charge in [0.05, 0.1) is 0 Å². The van der Waals surface area contributed by atoms with Gasteiger partial charge in [-0.1, -0.05) is 31.6 Å². The number of hydrogen-bond donors (Lipinski definition) is 1. The van der Waals surface area contributed by atoms with Crippen LogP contribution in [0.15, 0.2) is 29.2 Å². The summed E-state index contributed by atoms with van der Waals surface area (Å²) in [7, 11) is -9.57. The molecule has 0 fully saturated rings. The zero-order valence-corrected chi connectivity index (χ0v) is 9.80. The number of halogens is 6. The maximum absolute atomic E-state index is 12.4. The molecule has 1 aromatic carbocycles. The molecule has 1 rings (SSSR count). The second-order valence-electron chi connectivity index (χ2n) is 3.33. The molecule has 1 aromatic rings. The number of benzene rings is 1. The topological polar surface area (TPSA) is 26.0 Å². The van der Waals surface area contributed by atoms with Crippen LogP contribution in [0.1, 0.15) is 18.5 Å². The summed E-state index contributed by atoms with van der Waals surface area (Å²) in [5, 5.41) is 0. The van der Waals surface area contributed by atoms with E-state index in [2.05, 4.69) is 0 Å². The fraction of sp³-hybridized carbons (Fsp3) is 0.250. The fourth-order valence-corrected chi connectivity index (χ4v) is 1.73. The third-order valence-corrected chi connectivity index (χ3v) is 2.97. The molecule has 1 nitrogen and oxygen atoms in total.